The molecule has 0 saturated carbocycles. The number of hydrogen-bond donors (Lipinski definition) is 0. The van der Waals surface area contributed by atoms with Crippen LogP contribution >= 0.6 is 0 Å². The molecule has 0 unspecified atom stereocenters. The van der Waals surface area contributed by atoms with Crippen LogP contribution < -0.4 is 0 Å². The van der Waals surface area contributed by atoms with Gasteiger partial charge in [0.25, 0.3) is 0 Å². The van der Waals surface area contributed by atoms with Crippen molar-refractivity contribution in [2.75, 3.05) is 0 Å². The average molecular weight is 327 g/mol. The molecule has 1 heteroatoms. The zero-order chi connectivity index (χ0) is 8.81. The Morgan fingerprint density at radius 2 is 1.55 bits per heavy atom. The molecule has 0 aliphatic heterocycles. The van der Waals surface area contributed by atoms with E-state index in [2.05, 4.69) is 34.6 Å². The molecular formula is C10H17Os. The van der Waals surface area contributed by atoms with Gasteiger partial charge in [-0.05, 0) is 0 Å². The Labute approximate surface area is 82.6 Å². The molecular weight excluding hydrogens is 310 g/mol. The molecule has 0 radical (unpaired) electrons. The first-order valence-electron chi connectivity index (χ1n) is 3.93. The van der Waals surface area contributed by atoms with Gasteiger partial charge in [-0.2, -0.15) is 0 Å². The summed E-state index contributed by atoms with van der Waals surface area (Å²) < 4.78 is 1.56. The number of allylic oxidation sites excluding steroid dienone is 4. The van der Waals surface area contributed by atoms with Gasteiger partial charge < -0.3 is 2.85 Å². The van der Waals surface area contributed by atoms with E-state index in [1.165, 1.54) is 11.1 Å². The van der Waals surface area contributed by atoms with Crippen molar-refractivity contribution in [3.63, 3.8) is 0 Å². The fourth-order valence-corrected chi connectivity index (χ4v) is 2.49. The Kier molecular flexibility index (Phi) is 2.14. The average Bonchev–Trinajstić information content (AvgIpc) is 2.06. The summed E-state index contributed by atoms with van der Waals surface area (Å²) in [5.41, 5.74) is 4.87. The summed E-state index contributed by atoms with van der Waals surface area (Å²) in [4.78, 5) is 0. The normalized spacial score (nSPS) is 23.4. The summed E-state index contributed by atoms with van der Waals surface area (Å²) in [6, 6.07) is 0. The molecule has 1 rings (SSSR count). The zero-order valence-electron chi connectivity index (χ0n) is 9.85. The predicted molar refractivity (Wildman–Crippen MR) is 47.1 cm³/mol. The van der Waals surface area contributed by atoms with Crippen molar-refractivity contribution in [2.45, 2.75) is 34.6 Å². The van der Waals surface area contributed by atoms with Gasteiger partial charge >= 0.3 is 79.5 Å². The van der Waals surface area contributed by atoms with E-state index in [9.17, 15) is 0 Å². The van der Waals surface area contributed by atoms with Gasteiger partial charge in [-0.25, -0.2) is 0 Å². The molecule has 0 heterocycles. The summed E-state index contributed by atoms with van der Waals surface area (Å²) in [5.74, 6) is 0. The number of rotatable bonds is 0. The molecule has 1 aliphatic carbocycles. The maximum absolute atomic E-state index is 2.31. The maximum Gasteiger partial charge on any atom is -1.00 e. The molecule has 0 bridgehead atoms. The van der Waals surface area contributed by atoms with Crippen LogP contribution in [-0.2, 0) is 18.6 Å². The van der Waals surface area contributed by atoms with Crippen molar-refractivity contribution in [3.05, 3.63) is 20.8 Å². The van der Waals surface area contributed by atoms with Crippen LogP contribution in [0.5, 0.6) is 0 Å². The second-order valence-electron chi connectivity index (χ2n) is 3.80. The van der Waals surface area contributed by atoms with Crippen LogP contribution in [0.2, 0.25) is 0 Å². The SMILES string of the molecule is CC1=C(C)C(C)(C)[C]([Os+2])=C1C.[H-].[H-]. The Balaban J connectivity index is 0. The summed E-state index contributed by atoms with van der Waals surface area (Å²) in [6.07, 6.45) is 0. The maximum atomic E-state index is 2.31. The molecule has 0 aromatic heterocycles. The Hall–Kier alpha value is 0.116. The molecule has 0 saturated heterocycles. The van der Waals surface area contributed by atoms with E-state index in [0.717, 1.165) is 0 Å². The standard InChI is InChI=1S/C10H15.Os.2H/c1-7-6-10(4,5)9(3)8(7)2;;;/h1-5H3;;;/q;+2;2*-1. The Morgan fingerprint density at radius 1 is 1.09 bits per heavy atom. The monoisotopic (exact) mass is 329 g/mol. The molecule has 0 N–H and O–H groups in total. The van der Waals surface area contributed by atoms with Crippen LogP contribution in [0.3, 0.4) is 0 Å². The molecule has 0 nitrogen and oxygen atoms in total. The van der Waals surface area contributed by atoms with Gasteiger partial charge in [0.2, 0.25) is 0 Å². The molecule has 0 spiro atoms. The van der Waals surface area contributed by atoms with Gasteiger partial charge in [0, 0.05) is 0 Å². The summed E-state index contributed by atoms with van der Waals surface area (Å²) in [7, 11) is 0. The smallest absolute Gasteiger partial charge is 1.00 e. The Morgan fingerprint density at radius 3 is 1.64 bits per heavy atom. The summed E-state index contributed by atoms with van der Waals surface area (Å²) >= 11 is 2.04. The second kappa shape index (κ2) is 2.56. The van der Waals surface area contributed by atoms with Crippen molar-refractivity contribution in [2.24, 2.45) is 5.41 Å². The molecule has 0 aromatic carbocycles. The third-order valence-corrected chi connectivity index (χ3v) is 5.46. The predicted octanol–water partition coefficient (Wildman–Crippen LogP) is 3.41. The van der Waals surface area contributed by atoms with Crippen molar-refractivity contribution in [3.8, 4) is 0 Å². The van der Waals surface area contributed by atoms with E-state index in [0.29, 0.717) is 5.41 Å². The van der Waals surface area contributed by atoms with E-state index in [-0.39, 0.29) is 2.85 Å². The van der Waals surface area contributed by atoms with Gasteiger partial charge in [0.1, 0.15) is 0 Å². The van der Waals surface area contributed by atoms with Gasteiger partial charge in [0.15, 0.2) is 0 Å². The minimum Gasteiger partial charge on any atom is -1.00 e. The van der Waals surface area contributed by atoms with Crippen molar-refractivity contribution in [1.29, 1.82) is 0 Å². The van der Waals surface area contributed by atoms with Gasteiger partial charge in [0.05, 0.1) is 0 Å². The van der Waals surface area contributed by atoms with Crippen LogP contribution in [0.4, 0.5) is 0 Å². The van der Waals surface area contributed by atoms with Gasteiger partial charge in [-0.1, -0.05) is 0 Å². The van der Waals surface area contributed by atoms with E-state index in [1.807, 2.05) is 18.6 Å². The van der Waals surface area contributed by atoms with Crippen LogP contribution in [0, 0.1) is 5.41 Å². The van der Waals surface area contributed by atoms with Gasteiger partial charge in [-0.3, -0.25) is 0 Å². The first-order chi connectivity index (χ1) is 4.89. The van der Waals surface area contributed by atoms with Crippen LogP contribution in [-0.4, -0.2) is 0 Å². The van der Waals surface area contributed by atoms with E-state index >= 15 is 0 Å². The molecule has 0 amide bonds. The molecule has 65 valence electrons. The van der Waals surface area contributed by atoms with E-state index in [4.69, 9.17) is 0 Å². The van der Waals surface area contributed by atoms with E-state index in [1.54, 1.807) is 9.70 Å². The van der Waals surface area contributed by atoms with Crippen LogP contribution in [0.15, 0.2) is 20.8 Å². The van der Waals surface area contributed by atoms with Gasteiger partial charge in [-0.15, -0.1) is 0 Å². The minimum absolute atomic E-state index is 0. The first kappa shape index (κ1) is 9.21. The third-order valence-electron chi connectivity index (χ3n) is 2.92. The molecule has 0 atom stereocenters. The fraction of sp³-hybridized carbons (Fsp3) is 0.600. The van der Waals surface area contributed by atoms with E-state index < -0.39 is 0 Å². The fourth-order valence-electron chi connectivity index (χ4n) is 1.54. The van der Waals surface area contributed by atoms with Crippen LogP contribution in [0.1, 0.15) is 37.5 Å². The number of hydrogen-bond acceptors (Lipinski definition) is 0. The minimum atomic E-state index is 0. The second-order valence-corrected chi connectivity index (χ2v) is 5.07. The third kappa shape index (κ3) is 1.15. The van der Waals surface area contributed by atoms with Crippen molar-refractivity contribution in [1.82, 2.24) is 0 Å². The molecule has 11 heavy (non-hydrogen) atoms. The molecule has 0 fully saturated rings. The van der Waals surface area contributed by atoms with Crippen molar-refractivity contribution >= 4 is 0 Å². The Bertz CT molecular complexity index is 236. The first-order valence-corrected chi connectivity index (χ1v) is 5.20. The topological polar surface area (TPSA) is 0 Å². The summed E-state index contributed by atoms with van der Waals surface area (Å²) in [6.45, 7) is 11.3. The summed E-state index contributed by atoms with van der Waals surface area (Å²) in [5, 5.41) is 0. The van der Waals surface area contributed by atoms with Crippen LogP contribution in [0.25, 0.3) is 0 Å². The quantitative estimate of drug-likeness (QED) is 0.640. The molecule has 1 aliphatic rings. The largest absolute Gasteiger partial charge is 1.00 e. The molecule has 0 aromatic rings. The van der Waals surface area contributed by atoms with Crippen molar-refractivity contribution < 1.29 is 21.5 Å². The zero-order valence-corrected chi connectivity index (χ0v) is 10.4.